The van der Waals surface area contributed by atoms with Crippen molar-refractivity contribution in [1.29, 1.82) is 0 Å². The van der Waals surface area contributed by atoms with Crippen LogP contribution in [0.1, 0.15) is 31.2 Å². The van der Waals surface area contributed by atoms with Crippen molar-refractivity contribution < 1.29 is 14.3 Å². The molecular weight excluding hydrogens is 368 g/mol. The van der Waals surface area contributed by atoms with Crippen LogP contribution in [0.3, 0.4) is 0 Å². The van der Waals surface area contributed by atoms with Gasteiger partial charge >= 0.3 is 0 Å². The average Bonchev–Trinajstić information content (AvgIpc) is 3.64. The van der Waals surface area contributed by atoms with Gasteiger partial charge in [0.2, 0.25) is 0 Å². The van der Waals surface area contributed by atoms with E-state index in [2.05, 4.69) is 20.5 Å². The second-order valence-electron chi connectivity index (χ2n) is 7.94. The normalized spacial score (nSPS) is 16.4. The number of nitrogens with one attached hydrogen (secondary N) is 2. The maximum absolute atomic E-state index is 11.7. The average molecular weight is 403 g/mol. The number of aliphatic imine (C=N–C) groups is 1. The summed E-state index contributed by atoms with van der Waals surface area (Å²) in [6.07, 6.45) is 5.70. The fraction of sp³-hybridized carbons (Fsp3) is 0.636. The number of hydrogen-bond donors (Lipinski definition) is 2. The molecule has 0 radical (unpaired) electrons. The Morgan fingerprint density at radius 1 is 1.21 bits per heavy atom. The van der Waals surface area contributed by atoms with Crippen molar-refractivity contribution in [3.63, 3.8) is 0 Å². The van der Waals surface area contributed by atoms with Crippen LogP contribution in [0, 0.1) is 5.92 Å². The molecule has 0 bridgehead atoms. The third-order valence-electron chi connectivity index (χ3n) is 5.13. The van der Waals surface area contributed by atoms with E-state index in [0.717, 1.165) is 63.2 Å². The second-order valence-corrected chi connectivity index (χ2v) is 7.94. The van der Waals surface area contributed by atoms with Crippen LogP contribution in [0.15, 0.2) is 29.3 Å². The zero-order chi connectivity index (χ0) is 20.5. The van der Waals surface area contributed by atoms with Gasteiger partial charge in [-0.25, -0.2) is 0 Å². The van der Waals surface area contributed by atoms with Gasteiger partial charge in [0.15, 0.2) is 12.6 Å². The number of amides is 1. The number of likely N-dealkylation sites (N-methyl/N-ethyl adjacent to an activating group) is 1. The highest BCUT2D eigenvalue weighted by atomic mass is 16.5. The molecule has 2 aliphatic carbocycles. The Balaban J connectivity index is 1.30. The van der Waals surface area contributed by atoms with Gasteiger partial charge in [0.1, 0.15) is 5.75 Å². The van der Waals surface area contributed by atoms with E-state index in [4.69, 9.17) is 9.47 Å². The maximum Gasteiger partial charge on any atom is 0.258 e. The van der Waals surface area contributed by atoms with Gasteiger partial charge in [0, 0.05) is 39.8 Å². The van der Waals surface area contributed by atoms with E-state index in [9.17, 15) is 4.79 Å². The molecule has 7 nitrogen and oxygen atoms in total. The van der Waals surface area contributed by atoms with Gasteiger partial charge < -0.3 is 25.0 Å². The minimum atomic E-state index is -0.0470. The molecule has 2 saturated carbocycles. The number of guanidine groups is 1. The summed E-state index contributed by atoms with van der Waals surface area (Å²) in [4.78, 5) is 18.1. The molecule has 2 N–H and O–H groups in total. The van der Waals surface area contributed by atoms with E-state index in [1.54, 1.807) is 7.05 Å². The number of hydrogen-bond acceptors (Lipinski definition) is 4. The largest absolute Gasteiger partial charge is 0.484 e. The molecule has 160 valence electrons. The Morgan fingerprint density at radius 3 is 2.62 bits per heavy atom. The summed E-state index contributed by atoms with van der Waals surface area (Å²) < 4.78 is 11.2. The minimum Gasteiger partial charge on any atom is -0.484 e. The van der Waals surface area contributed by atoms with Crippen molar-refractivity contribution in [3.05, 3.63) is 29.8 Å². The first kappa shape index (κ1) is 21.4. The van der Waals surface area contributed by atoms with E-state index in [1.165, 1.54) is 18.4 Å². The predicted molar refractivity (Wildman–Crippen MR) is 114 cm³/mol. The predicted octanol–water partition coefficient (Wildman–Crippen LogP) is 1.82. The zero-order valence-electron chi connectivity index (χ0n) is 17.7. The monoisotopic (exact) mass is 402 g/mol. The Kier molecular flexibility index (Phi) is 8.16. The van der Waals surface area contributed by atoms with E-state index >= 15 is 0 Å². The number of rotatable bonds is 12. The summed E-state index contributed by atoms with van der Waals surface area (Å²) in [5, 5.41) is 6.31. The van der Waals surface area contributed by atoms with E-state index < -0.39 is 0 Å². The molecule has 0 atom stereocenters. The quantitative estimate of drug-likeness (QED) is 0.317. The summed E-state index contributed by atoms with van der Waals surface area (Å²) in [6.45, 7) is 3.32. The molecule has 2 fully saturated rings. The minimum absolute atomic E-state index is 0.0470. The van der Waals surface area contributed by atoms with Crippen LogP contribution in [-0.2, 0) is 16.0 Å². The van der Waals surface area contributed by atoms with E-state index in [1.807, 2.05) is 31.3 Å². The first-order valence-electron chi connectivity index (χ1n) is 10.6. The highest BCUT2D eigenvalue weighted by molar-refractivity contribution is 5.79. The lowest BCUT2D eigenvalue weighted by atomic mass is 10.1. The van der Waals surface area contributed by atoms with Crippen LogP contribution in [0.4, 0.5) is 0 Å². The molecule has 0 saturated heterocycles. The van der Waals surface area contributed by atoms with Gasteiger partial charge in [-0.05, 0) is 55.7 Å². The second kappa shape index (κ2) is 11.0. The topological polar surface area (TPSA) is 75.2 Å². The molecule has 2 aliphatic rings. The molecule has 7 heteroatoms. The van der Waals surface area contributed by atoms with Gasteiger partial charge in [0.25, 0.3) is 5.91 Å². The fourth-order valence-electron chi connectivity index (χ4n) is 2.94. The van der Waals surface area contributed by atoms with Crippen molar-refractivity contribution >= 4 is 11.9 Å². The van der Waals surface area contributed by atoms with Crippen LogP contribution < -0.4 is 15.4 Å². The number of carbonyl (C=O) groups excluding carboxylic acids is 1. The summed E-state index contributed by atoms with van der Waals surface area (Å²) in [5.41, 5.74) is 1.21. The van der Waals surface area contributed by atoms with Crippen LogP contribution in [0.5, 0.6) is 5.75 Å². The van der Waals surface area contributed by atoms with Crippen molar-refractivity contribution in [2.75, 3.05) is 47.0 Å². The molecule has 0 unspecified atom stereocenters. The number of benzene rings is 1. The molecule has 0 aliphatic heterocycles. The van der Waals surface area contributed by atoms with Crippen molar-refractivity contribution in [1.82, 2.24) is 15.5 Å². The first-order valence-corrected chi connectivity index (χ1v) is 10.6. The molecule has 1 aromatic carbocycles. The van der Waals surface area contributed by atoms with Crippen LogP contribution in [0.2, 0.25) is 0 Å². The lowest BCUT2D eigenvalue weighted by molar-refractivity contribution is -0.123. The Bertz CT molecular complexity index is 669. The number of carbonyl (C=O) groups is 1. The number of nitrogens with zero attached hydrogens (tertiary/aromatic N) is 2. The van der Waals surface area contributed by atoms with Gasteiger partial charge in [-0.15, -0.1) is 0 Å². The summed E-state index contributed by atoms with van der Waals surface area (Å²) >= 11 is 0. The summed E-state index contributed by atoms with van der Waals surface area (Å²) in [6, 6.07) is 8.27. The van der Waals surface area contributed by atoms with E-state index in [0.29, 0.717) is 6.04 Å². The molecule has 29 heavy (non-hydrogen) atoms. The lowest BCUT2D eigenvalue weighted by Crippen LogP contribution is -2.41. The zero-order valence-corrected chi connectivity index (χ0v) is 17.7. The molecule has 0 aromatic heterocycles. The van der Waals surface area contributed by atoms with Crippen molar-refractivity contribution in [2.24, 2.45) is 10.9 Å². The maximum atomic E-state index is 11.7. The Hall–Kier alpha value is -2.28. The summed E-state index contributed by atoms with van der Waals surface area (Å²) in [7, 11) is 3.83. The Morgan fingerprint density at radius 2 is 1.97 bits per heavy atom. The standard InChI is InChI=1S/C22H34N4O3/c1-23-22(26(2)13-14-28-15-18-3-4-18)24-12-11-17-5-9-20(10-6-17)29-16-21(27)25-19-7-8-19/h5-6,9-10,18-19H,3-4,7-8,11-16H2,1-2H3,(H,23,24)(H,25,27). The molecule has 0 heterocycles. The first-order chi connectivity index (χ1) is 14.1. The van der Waals surface area contributed by atoms with Gasteiger partial charge in [-0.3, -0.25) is 9.79 Å². The fourth-order valence-corrected chi connectivity index (χ4v) is 2.94. The molecule has 0 spiro atoms. The van der Waals surface area contributed by atoms with Gasteiger partial charge in [-0.2, -0.15) is 0 Å². The smallest absolute Gasteiger partial charge is 0.258 e. The van der Waals surface area contributed by atoms with Crippen molar-refractivity contribution in [2.45, 2.75) is 38.1 Å². The van der Waals surface area contributed by atoms with Crippen molar-refractivity contribution in [3.8, 4) is 5.75 Å². The van der Waals surface area contributed by atoms with E-state index in [-0.39, 0.29) is 12.5 Å². The summed E-state index contributed by atoms with van der Waals surface area (Å²) in [5.74, 6) is 2.35. The lowest BCUT2D eigenvalue weighted by Gasteiger charge is -2.22. The third-order valence-corrected chi connectivity index (χ3v) is 5.13. The third kappa shape index (κ3) is 8.31. The Labute approximate surface area is 173 Å². The molecule has 1 amide bonds. The van der Waals surface area contributed by atoms with Gasteiger partial charge in [-0.1, -0.05) is 12.1 Å². The number of ether oxygens (including phenoxy) is 2. The SMILES string of the molecule is CN=C(NCCc1ccc(OCC(=O)NC2CC2)cc1)N(C)CCOCC1CC1. The van der Waals surface area contributed by atoms with Crippen LogP contribution >= 0.6 is 0 Å². The highest BCUT2D eigenvalue weighted by Gasteiger charge is 2.23. The van der Waals surface area contributed by atoms with Crippen LogP contribution in [0.25, 0.3) is 0 Å². The molecular formula is C22H34N4O3. The molecule has 1 aromatic rings. The van der Waals surface area contributed by atoms with Crippen LogP contribution in [-0.4, -0.2) is 69.8 Å². The highest BCUT2D eigenvalue weighted by Crippen LogP contribution is 2.28. The molecule has 3 rings (SSSR count). The van der Waals surface area contributed by atoms with Gasteiger partial charge in [0.05, 0.1) is 6.61 Å².